The van der Waals surface area contributed by atoms with Crippen LogP contribution >= 0.6 is 0 Å². The molecule has 0 N–H and O–H groups in total. The van der Waals surface area contributed by atoms with Gasteiger partial charge in [0.2, 0.25) is 0 Å². The van der Waals surface area contributed by atoms with Crippen molar-refractivity contribution in [3.05, 3.63) is 35.4 Å². The molecule has 1 aromatic rings. The Morgan fingerprint density at radius 2 is 2.29 bits per heavy atom. The van der Waals surface area contributed by atoms with Crippen LogP contribution in [0.3, 0.4) is 0 Å². The molecule has 0 spiro atoms. The van der Waals surface area contributed by atoms with Gasteiger partial charge in [0.05, 0.1) is 12.7 Å². The molecule has 0 radical (unpaired) electrons. The fourth-order valence-corrected chi connectivity index (χ4v) is 1.84. The Balaban J connectivity index is 2.06. The van der Waals surface area contributed by atoms with Crippen LogP contribution in [0, 0.1) is 23.0 Å². The summed E-state index contributed by atoms with van der Waals surface area (Å²) >= 11 is 0. The first-order valence-corrected chi connectivity index (χ1v) is 5.37. The van der Waals surface area contributed by atoms with Gasteiger partial charge in [-0.1, -0.05) is 12.1 Å². The predicted molar refractivity (Wildman–Crippen MR) is 57.0 cm³/mol. The maximum Gasteiger partial charge on any atom is 0.163 e. The quantitative estimate of drug-likeness (QED) is 0.786. The Kier molecular flexibility index (Phi) is 3.67. The molecule has 0 aromatic heterocycles. The first-order valence-electron chi connectivity index (χ1n) is 5.37. The van der Waals surface area contributed by atoms with E-state index in [9.17, 15) is 8.78 Å². The summed E-state index contributed by atoms with van der Waals surface area (Å²) < 4.78 is 31.6. The van der Waals surface area contributed by atoms with Crippen molar-refractivity contribution in [2.45, 2.75) is 12.6 Å². The minimum atomic E-state index is -0.840. The molecule has 0 saturated carbocycles. The minimum absolute atomic E-state index is 0.297. The second-order valence-electron chi connectivity index (χ2n) is 3.94. The van der Waals surface area contributed by atoms with Gasteiger partial charge in [-0.15, -0.1) is 0 Å². The van der Waals surface area contributed by atoms with Gasteiger partial charge >= 0.3 is 0 Å². The van der Waals surface area contributed by atoms with E-state index in [0.717, 1.165) is 6.07 Å². The largest absolute Gasteiger partial charge is 0.361 e. The number of benzene rings is 1. The Morgan fingerprint density at radius 1 is 1.47 bits per heavy atom. The Morgan fingerprint density at radius 3 is 3.06 bits per heavy atom. The molecule has 17 heavy (non-hydrogen) atoms. The van der Waals surface area contributed by atoms with Crippen LogP contribution in [0.1, 0.15) is 5.56 Å². The van der Waals surface area contributed by atoms with E-state index in [0.29, 0.717) is 31.8 Å². The molecule has 1 saturated heterocycles. The van der Waals surface area contributed by atoms with Gasteiger partial charge in [-0.05, 0) is 6.07 Å². The number of hydrogen-bond donors (Lipinski definition) is 0. The van der Waals surface area contributed by atoms with Crippen LogP contribution in [0.25, 0.3) is 0 Å². The zero-order valence-corrected chi connectivity index (χ0v) is 9.20. The summed E-state index contributed by atoms with van der Waals surface area (Å²) in [5.74, 6) is -1.65. The van der Waals surface area contributed by atoms with Crippen molar-refractivity contribution in [3.8, 4) is 6.07 Å². The first-order chi connectivity index (χ1) is 8.20. The van der Waals surface area contributed by atoms with Gasteiger partial charge < -0.3 is 4.74 Å². The third-order valence-electron chi connectivity index (χ3n) is 2.72. The third kappa shape index (κ3) is 2.78. The summed E-state index contributed by atoms with van der Waals surface area (Å²) in [6.07, 6.45) is -0.486. The summed E-state index contributed by atoms with van der Waals surface area (Å²) in [6, 6.07) is 6.14. The SMILES string of the molecule is N#CC1CN(Cc2cccc(F)c2F)CCO1. The summed E-state index contributed by atoms with van der Waals surface area (Å²) in [5, 5.41) is 8.74. The van der Waals surface area contributed by atoms with Crippen molar-refractivity contribution in [1.82, 2.24) is 4.90 Å². The zero-order valence-electron chi connectivity index (χ0n) is 9.20. The molecule has 0 amide bonds. The molecule has 1 aromatic carbocycles. The van der Waals surface area contributed by atoms with E-state index in [1.807, 2.05) is 11.0 Å². The van der Waals surface area contributed by atoms with Crippen LogP contribution < -0.4 is 0 Å². The number of hydrogen-bond acceptors (Lipinski definition) is 3. The highest BCUT2D eigenvalue weighted by Gasteiger charge is 2.21. The van der Waals surface area contributed by atoms with Gasteiger partial charge in [-0.25, -0.2) is 8.78 Å². The average molecular weight is 238 g/mol. The monoisotopic (exact) mass is 238 g/mol. The number of halogens is 2. The fourth-order valence-electron chi connectivity index (χ4n) is 1.84. The molecule has 1 heterocycles. The van der Waals surface area contributed by atoms with Crippen molar-refractivity contribution in [3.63, 3.8) is 0 Å². The fraction of sp³-hybridized carbons (Fsp3) is 0.417. The zero-order chi connectivity index (χ0) is 12.3. The molecule has 1 aliphatic heterocycles. The number of ether oxygens (including phenoxy) is 1. The van der Waals surface area contributed by atoms with Crippen LogP contribution in [0.15, 0.2) is 18.2 Å². The highest BCUT2D eigenvalue weighted by molar-refractivity contribution is 5.19. The van der Waals surface area contributed by atoms with Gasteiger partial charge in [-0.2, -0.15) is 5.26 Å². The lowest BCUT2D eigenvalue weighted by Crippen LogP contribution is -2.41. The molecule has 5 heteroatoms. The van der Waals surface area contributed by atoms with Crippen molar-refractivity contribution >= 4 is 0 Å². The normalized spacial score (nSPS) is 21.1. The summed E-state index contributed by atoms with van der Waals surface area (Å²) in [5.41, 5.74) is 0.309. The van der Waals surface area contributed by atoms with Gasteiger partial charge in [0.25, 0.3) is 0 Å². The Bertz CT molecular complexity index is 445. The predicted octanol–water partition coefficient (Wildman–Crippen LogP) is 1.69. The first kappa shape index (κ1) is 12.0. The average Bonchev–Trinajstić information content (AvgIpc) is 2.35. The number of morpholine rings is 1. The van der Waals surface area contributed by atoms with Gasteiger partial charge in [-0.3, -0.25) is 4.90 Å². The number of nitrogens with zero attached hydrogens (tertiary/aromatic N) is 2. The van der Waals surface area contributed by atoms with E-state index in [-0.39, 0.29) is 0 Å². The van der Waals surface area contributed by atoms with Crippen LogP contribution in [-0.4, -0.2) is 30.7 Å². The van der Waals surface area contributed by atoms with E-state index >= 15 is 0 Å². The molecular formula is C12H12F2N2O. The topological polar surface area (TPSA) is 36.3 Å². The molecule has 1 unspecified atom stereocenters. The standard InChI is InChI=1S/C12H12F2N2O/c13-11-3-1-2-9(12(11)14)7-16-4-5-17-10(6-15)8-16/h1-3,10H,4-5,7-8H2. The summed E-state index contributed by atoms with van der Waals surface area (Å²) in [7, 11) is 0. The van der Waals surface area contributed by atoms with Crippen LogP contribution in [-0.2, 0) is 11.3 Å². The number of nitriles is 1. The lowest BCUT2D eigenvalue weighted by atomic mass is 10.1. The Labute approximate surface area is 98.2 Å². The van der Waals surface area contributed by atoms with Crippen molar-refractivity contribution in [1.29, 1.82) is 5.26 Å². The van der Waals surface area contributed by atoms with Crippen LogP contribution in [0.5, 0.6) is 0 Å². The molecular weight excluding hydrogens is 226 g/mol. The second-order valence-corrected chi connectivity index (χ2v) is 3.94. The van der Waals surface area contributed by atoms with Crippen LogP contribution in [0.2, 0.25) is 0 Å². The molecule has 90 valence electrons. The highest BCUT2D eigenvalue weighted by atomic mass is 19.2. The lowest BCUT2D eigenvalue weighted by Gasteiger charge is -2.29. The van der Waals surface area contributed by atoms with Gasteiger partial charge in [0.15, 0.2) is 17.7 Å². The van der Waals surface area contributed by atoms with Crippen molar-refractivity contribution in [2.24, 2.45) is 0 Å². The van der Waals surface area contributed by atoms with E-state index < -0.39 is 17.7 Å². The summed E-state index contributed by atoms with van der Waals surface area (Å²) in [6.45, 7) is 1.78. The lowest BCUT2D eigenvalue weighted by molar-refractivity contribution is -0.00309. The van der Waals surface area contributed by atoms with Crippen molar-refractivity contribution in [2.75, 3.05) is 19.7 Å². The molecule has 1 aliphatic rings. The minimum Gasteiger partial charge on any atom is -0.361 e. The Hall–Kier alpha value is -1.51. The van der Waals surface area contributed by atoms with Crippen LogP contribution in [0.4, 0.5) is 8.78 Å². The molecule has 2 rings (SSSR count). The smallest absolute Gasteiger partial charge is 0.163 e. The van der Waals surface area contributed by atoms with E-state index in [1.165, 1.54) is 6.07 Å². The number of rotatable bonds is 2. The highest BCUT2D eigenvalue weighted by Crippen LogP contribution is 2.15. The maximum absolute atomic E-state index is 13.4. The third-order valence-corrected chi connectivity index (χ3v) is 2.72. The molecule has 1 fully saturated rings. The molecule has 1 atom stereocenters. The molecule has 3 nitrogen and oxygen atoms in total. The molecule has 0 bridgehead atoms. The van der Waals surface area contributed by atoms with E-state index in [4.69, 9.17) is 10.00 Å². The van der Waals surface area contributed by atoms with Gasteiger partial charge in [0, 0.05) is 25.2 Å². The van der Waals surface area contributed by atoms with Crippen molar-refractivity contribution < 1.29 is 13.5 Å². The second kappa shape index (κ2) is 5.21. The van der Waals surface area contributed by atoms with E-state index in [2.05, 4.69) is 0 Å². The van der Waals surface area contributed by atoms with E-state index in [1.54, 1.807) is 6.07 Å². The van der Waals surface area contributed by atoms with Gasteiger partial charge in [0.1, 0.15) is 0 Å². The summed E-state index contributed by atoms with van der Waals surface area (Å²) in [4.78, 5) is 1.88. The maximum atomic E-state index is 13.4. The molecule has 0 aliphatic carbocycles.